The molecule has 1 amide bonds. The number of amides is 1. The zero-order valence-electron chi connectivity index (χ0n) is 13.1. The molecule has 21 heavy (non-hydrogen) atoms. The van der Waals surface area contributed by atoms with Crippen molar-refractivity contribution in [2.24, 2.45) is 5.41 Å². The SMILES string of the molecule is C[C@@H](C(=O)NCC1(O)CCC(C)(C)CC1)c1cncnc1. The molecule has 0 bridgehead atoms. The van der Waals surface area contributed by atoms with Crippen molar-refractivity contribution in [2.45, 2.75) is 58.0 Å². The van der Waals surface area contributed by atoms with Crippen molar-refractivity contribution in [1.29, 1.82) is 0 Å². The van der Waals surface area contributed by atoms with E-state index < -0.39 is 5.60 Å². The van der Waals surface area contributed by atoms with Gasteiger partial charge in [0.15, 0.2) is 0 Å². The fourth-order valence-electron chi connectivity index (χ4n) is 2.66. The molecular weight excluding hydrogens is 266 g/mol. The maximum absolute atomic E-state index is 12.2. The molecule has 116 valence electrons. The Morgan fingerprint density at radius 2 is 1.86 bits per heavy atom. The van der Waals surface area contributed by atoms with Crippen LogP contribution in [0.1, 0.15) is 57.9 Å². The second-order valence-corrected chi connectivity index (χ2v) is 7.00. The highest BCUT2D eigenvalue weighted by Crippen LogP contribution is 2.39. The Kier molecular flexibility index (Phi) is 4.61. The van der Waals surface area contributed by atoms with Gasteiger partial charge in [0.2, 0.25) is 5.91 Å². The number of aromatic nitrogens is 2. The zero-order valence-corrected chi connectivity index (χ0v) is 13.1. The maximum Gasteiger partial charge on any atom is 0.227 e. The third-order valence-electron chi connectivity index (χ3n) is 4.60. The van der Waals surface area contributed by atoms with Crippen molar-refractivity contribution in [3.8, 4) is 0 Å². The summed E-state index contributed by atoms with van der Waals surface area (Å²) in [5.41, 5.74) is 0.315. The van der Waals surface area contributed by atoms with Gasteiger partial charge in [-0.1, -0.05) is 13.8 Å². The van der Waals surface area contributed by atoms with Crippen LogP contribution in [0.3, 0.4) is 0 Å². The smallest absolute Gasteiger partial charge is 0.227 e. The van der Waals surface area contributed by atoms with Crippen LogP contribution in [0.4, 0.5) is 0 Å². The summed E-state index contributed by atoms with van der Waals surface area (Å²) in [4.78, 5) is 20.0. The molecule has 1 saturated carbocycles. The fraction of sp³-hybridized carbons (Fsp3) is 0.688. The monoisotopic (exact) mass is 291 g/mol. The van der Waals surface area contributed by atoms with Crippen molar-refractivity contribution in [3.05, 3.63) is 24.3 Å². The van der Waals surface area contributed by atoms with Crippen LogP contribution in [0.15, 0.2) is 18.7 Å². The van der Waals surface area contributed by atoms with Gasteiger partial charge in [-0.15, -0.1) is 0 Å². The summed E-state index contributed by atoms with van der Waals surface area (Å²) >= 11 is 0. The normalized spacial score (nSPS) is 21.5. The molecule has 2 N–H and O–H groups in total. The van der Waals surface area contributed by atoms with Crippen molar-refractivity contribution >= 4 is 5.91 Å². The first kappa shape index (κ1) is 15.9. The quantitative estimate of drug-likeness (QED) is 0.890. The molecule has 0 radical (unpaired) electrons. The van der Waals surface area contributed by atoms with Crippen LogP contribution in [0.5, 0.6) is 0 Å². The minimum absolute atomic E-state index is 0.0944. The van der Waals surface area contributed by atoms with Gasteiger partial charge >= 0.3 is 0 Å². The predicted molar refractivity (Wildman–Crippen MR) is 80.7 cm³/mol. The topological polar surface area (TPSA) is 75.1 Å². The number of nitrogens with zero attached hydrogens (tertiary/aromatic N) is 2. The number of carbonyl (C=O) groups excluding carboxylic acids is 1. The lowest BCUT2D eigenvalue weighted by molar-refractivity contribution is -0.124. The van der Waals surface area contributed by atoms with Crippen LogP contribution in [0, 0.1) is 5.41 Å². The highest BCUT2D eigenvalue weighted by Gasteiger charge is 2.37. The van der Waals surface area contributed by atoms with Gasteiger partial charge in [0, 0.05) is 24.5 Å². The molecule has 0 aliphatic heterocycles. The largest absolute Gasteiger partial charge is 0.388 e. The third-order valence-corrected chi connectivity index (χ3v) is 4.60. The average Bonchev–Trinajstić information content (AvgIpc) is 2.49. The molecule has 1 atom stereocenters. The molecule has 1 aliphatic rings. The Hall–Kier alpha value is -1.49. The molecule has 0 unspecified atom stereocenters. The third kappa shape index (κ3) is 4.24. The van der Waals surface area contributed by atoms with E-state index in [1.54, 1.807) is 12.4 Å². The van der Waals surface area contributed by atoms with Gasteiger partial charge in [-0.25, -0.2) is 9.97 Å². The second-order valence-electron chi connectivity index (χ2n) is 7.00. The molecule has 5 nitrogen and oxygen atoms in total. The number of carbonyl (C=O) groups is 1. The minimum Gasteiger partial charge on any atom is -0.388 e. The minimum atomic E-state index is -0.766. The molecule has 0 saturated heterocycles. The van der Waals surface area contributed by atoms with E-state index in [1.807, 2.05) is 6.92 Å². The van der Waals surface area contributed by atoms with E-state index >= 15 is 0 Å². The van der Waals surface area contributed by atoms with Gasteiger partial charge in [0.25, 0.3) is 0 Å². The van der Waals surface area contributed by atoms with Gasteiger partial charge < -0.3 is 10.4 Å². The molecule has 0 spiro atoms. The first-order valence-electron chi connectivity index (χ1n) is 7.56. The van der Waals surface area contributed by atoms with Gasteiger partial charge in [0.1, 0.15) is 6.33 Å². The van der Waals surface area contributed by atoms with E-state index in [4.69, 9.17) is 0 Å². The number of nitrogens with one attached hydrogen (secondary N) is 1. The lowest BCUT2D eigenvalue weighted by Crippen LogP contribution is -2.47. The number of aliphatic hydroxyl groups is 1. The summed E-state index contributed by atoms with van der Waals surface area (Å²) in [6.45, 7) is 6.59. The molecule has 1 aromatic heterocycles. The Morgan fingerprint density at radius 1 is 1.29 bits per heavy atom. The molecule has 1 aromatic rings. The Bertz CT molecular complexity index is 478. The van der Waals surface area contributed by atoms with Crippen LogP contribution in [-0.4, -0.2) is 33.1 Å². The van der Waals surface area contributed by atoms with Crippen LogP contribution in [-0.2, 0) is 4.79 Å². The van der Waals surface area contributed by atoms with E-state index in [1.165, 1.54) is 6.33 Å². The fourth-order valence-corrected chi connectivity index (χ4v) is 2.66. The van der Waals surface area contributed by atoms with Crippen LogP contribution in [0.25, 0.3) is 0 Å². The summed E-state index contributed by atoms with van der Waals surface area (Å²) in [6.07, 6.45) is 8.19. The predicted octanol–water partition coefficient (Wildman–Crippen LogP) is 2.03. The molecular formula is C16H25N3O2. The van der Waals surface area contributed by atoms with Crippen LogP contribution >= 0.6 is 0 Å². The number of hydrogen-bond donors (Lipinski definition) is 2. The van der Waals surface area contributed by atoms with Crippen LogP contribution < -0.4 is 5.32 Å². The van der Waals surface area contributed by atoms with Gasteiger partial charge in [-0.3, -0.25) is 4.79 Å². The lowest BCUT2D eigenvalue weighted by atomic mass is 9.71. The molecule has 1 heterocycles. The van der Waals surface area contributed by atoms with Crippen LogP contribution in [0.2, 0.25) is 0 Å². The molecule has 0 aromatic carbocycles. The van der Waals surface area contributed by atoms with E-state index in [0.717, 1.165) is 31.2 Å². The molecule has 5 heteroatoms. The Morgan fingerprint density at radius 3 is 2.43 bits per heavy atom. The lowest BCUT2D eigenvalue weighted by Gasteiger charge is -2.40. The zero-order chi connectivity index (χ0) is 15.5. The van der Waals surface area contributed by atoms with Gasteiger partial charge in [-0.2, -0.15) is 0 Å². The average molecular weight is 291 g/mol. The van der Waals surface area contributed by atoms with Crippen molar-refractivity contribution in [1.82, 2.24) is 15.3 Å². The first-order valence-corrected chi connectivity index (χ1v) is 7.56. The summed E-state index contributed by atoms with van der Waals surface area (Å²) in [5, 5.41) is 13.4. The van der Waals surface area contributed by atoms with Crippen molar-refractivity contribution in [2.75, 3.05) is 6.54 Å². The standard InChI is InChI=1S/C16H25N3O2/c1-12(13-8-17-11-18-9-13)14(20)19-10-16(21)6-4-15(2,3)5-7-16/h8-9,11-12,21H,4-7,10H2,1-3H3,(H,19,20)/t12-/m1/s1. The summed E-state index contributed by atoms with van der Waals surface area (Å²) in [6, 6.07) is 0. The van der Waals surface area contributed by atoms with Gasteiger partial charge in [0.05, 0.1) is 11.5 Å². The highest BCUT2D eigenvalue weighted by molar-refractivity contribution is 5.83. The van der Waals surface area contributed by atoms with E-state index in [2.05, 4.69) is 29.1 Å². The number of rotatable bonds is 4. The Labute approximate surface area is 126 Å². The molecule has 2 rings (SSSR count). The first-order chi connectivity index (χ1) is 9.81. The van der Waals surface area contributed by atoms with E-state index in [-0.39, 0.29) is 11.8 Å². The van der Waals surface area contributed by atoms with Crippen molar-refractivity contribution in [3.63, 3.8) is 0 Å². The summed E-state index contributed by atoms with van der Waals surface area (Å²) in [7, 11) is 0. The summed E-state index contributed by atoms with van der Waals surface area (Å²) < 4.78 is 0. The van der Waals surface area contributed by atoms with E-state index in [9.17, 15) is 9.90 Å². The molecule has 1 fully saturated rings. The van der Waals surface area contributed by atoms with Gasteiger partial charge in [-0.05, 0) is 38.0 Å². The molecule has 1 aliphatic carbocycles. The van der Waals surface area contributed by atoms with Crippen molar-refractivity contribution < 1.29 is 9.90 Å². The maximum atomic E-state index is 12.2. The second kappa shape index (κ2) is 6.10. The Balaban J connectivity index is 1.87. The van der Waals surface area contributed by atoms with E-state index in [0.29, 0.717) is 12.0 Å². The number of hydrogen-bond acceptors (Lipinski definition) is 4. The highest BCUT2D eigenvalue weighted by atomic mass is 16.3. The summed E-state index contributed by atoms with van der Waals surface area (Å²) in [5.74, 6) is -0.405.